The van der Waals surface area contributed by atoms with Crippen LogP contribution in [-0.4, -0.2) is 59.3 Å². The molecule has 1 saturated carbocycles. The monoisotopic (exact) mass is 601 g/mol. The van der Waals surface area contributed by atoms with Crippen molar-refractivity contribution in [2.75, 3.05) is 25.0 Å². The number of ether oxygens (including phenoxy) is 1. The third-order valence-electron chi connectivity index (χ3n) is 7.69. The Balaban J connectivity index is 1.17. The zero-order chi connectivity index (χ0) is 29.3. The molecule has 3 aromatic rings. The van der Waals surface area contributed by atoms with Gasteiger partial charge in [-0.05, 0) is 88.1 Å². The van der Waals surface area contributed by atoms with E-state index in [1.165, 1.54) is 35.7 Å². The third kappa shape index (κ3) is 7.55. The highest BCUT2D eigenvalue weighted by molar-refractivity contribution is 7.90. The zero-order valence-electron chi connectivity index (χ0n) is 23.5. The number of amides is 1. The number of pyridine rings is 2. The standard InChI is InChI=1S/C28H36ClN7O4S/c1-27(2)17-19(18-31-27)9-14-30-21-5-4-6-24(32-21)41(38,39)35-26(37)20-7-8-22(33-25(20)29)36-15-10-23(34-36)40-16-13-28(3)11-12-28/h4-8,10,15,19,31H,9,11-14,16-18H2,1-3H3,(H,30,32)(H,35,37). The number of sulfonamides is 1. The van der Waals surface area contributed by atoms with Crippen LogP contribution in [0, 0.1) is 11.3 Å². The van der Waals surface area contributed by atoms with Crippen molar-refractivity contribution in [2.45, 2.75) is 63.4 Å². The Hall–Kier alpha value is -3.22. The minimum Gasteiger partial charge on any atom is -0.477 e. The van der Waals surface area contributed by atoms with Crippen LogP contribution < -0.4 is 20.1 Å². The number of hydrogen-bond donors (Lipinski definition) is 3. The first-order valence-corrected chi connectivity index (χ1v) is 15.7. The van der Waals surface area contributed by atoms with E-state index in [9.17, 15) is 13.2 Å². The van der Waals surface area contributed by atoms with Crippen LogP contribution >= 0.6 is 11.6 Å². The Bertz CT molecular complexity index is 1520. The SMILES string of the molecule is CC1(CCOc2ccn(-c3ccc(C(=O)NS(=O)(=O)c4cccc(NCCC5CNC(C)(C)C5)n4)c(Cl)n3)n2)CC1. The van der Waals surface area contributed by atoms with Crippen LogP contribution in [0.3, 0.4) is 0 Å². The number of anilines is 1. The van der Waals surface area contributed by atoms with Crippen LogP contribution in [0.1, 0.15) is 63.2 Å². The average Bonchev–Trinajstić information content (AvgIpc) is 3.28. The molecule has 4 heterocycles. The van der Waals surface area contributed by atoms with Gasteiger partial charge in [-0.3, -0.25) is 4.79 Å². The molecular weight excluding hydrogens is 566 g/mol. The molecule has 220 valence electrons. The van der Waals surface area contributed by atoms with Gasteiger partial charge in [0.2, 0.25) is 5.88 Å². The Morgan fingerprint density at radius 1 is 1.17 bits per heavy atom. The van der Waals surface area contributed by atoms with E-state index in [0.717, 1.165) is 25.8 Å². The normalized spacial score (nSPS) is 19.1. The summed E-state index contributed by atoms with van der Waals surface area (Å²) in [4.78, 5) is 21.3. The summed E-state index contributed by atoms with van der Waals surface area (Å²) in [6.45, 7) is 8.81. The van der Waals surface area contributed by atoms with E-state index < -0.39 is 15.9 Å². The van der Waals surface area contributed by atoms with E-state index in [1.807, 2.05) is 4.72 Å². The lowest BCUT2D eigenvalue weighted by molar-refractivity contribution is 0.0981. The lowest BCUT2D eigenvalue weighted by Gasteiger charge is -2.17. The Kier molecular flexibility index (Phi) is 8.27. The molecule has 3 aromatic heterocycles. The minimum atomic E-state index is -4.26. The smallest absolute Gasteiger partial charge is 0.281 e. The van der Waals surface area contributed by atoms with E-state index in [4.69, 9.17) is 16.3 Å². The van der Waals surface area contributed by atoms with Gasteiger partial charge in [0.1, 0.15) is 11.0 Å². The van der Waals surface area contributed by atoms with Crippen molar-refractivity contribution < 1.29 is 17.9 Å². The fourth-order valence-corrected chi connectivity index (χ4v) is 6.06. The molecule has 41 heavy (non-hydrogen) atoms. The first kappa shape index (κ1) is 29.3. The van der Waals surface area contributed by atoms with Crippen molar-refractivity contribution >= 4 is 33.3 Å². The number of nitrogens with one attached hydrogen (secondary N) is 3. The first-order chi connectivity index (χ1) is 19.4. The molecule has 3 N–H and O–H groups in total. The number of halogens is 1. The van der Waals surface area contributed by atoms with Crippen LogP contribution in [0.2, 0.25) is 5.15 Å². The summed E-state index contributed by atoms with van der Waals surface area (Å²) in [5.74, 6) is 0.861. The van der Waals surface area contributed by atoms with Gasteiger partial charge in [0.15, 0.2) is 10.8 Å². The third-order valence-corrected chi connectivity index (χ3v) is 9.21. The largest absolute Gasteiger partial charge is 0.477 e. The van der Waals surface area contributed by atoms with Crippen molar-refractivity contribution in [3.63, 3.8) is 0 Å². The van der Waals surface area contributed by atoms with Crippen molar-refractivity contribution in [1.29, 1.82) is 0 Å². The van der Waals surface area contributed by atoms with Crippen LogP contribution in [0.4, 0.5) is 5.82 Å². The number of carbonyl (C=O) groups excluding carboxylic acids is 1. The highest BCUT2D eigenvalue weighted by Gasteiger charge is 2.36. The van der Waals surface area contributed by atoms with Crippen molar-refractivity contribution in [1.82, 2.24) is 29.8 Å². The summed E-state index contributed by atoms with van der Waals surface area (Å²) >= 11 is 6.28. The van der Waals surface area contributed by atoms with E-state index in [2.05, 4.69) is 46.5 Å². The fourth-order valence-electron chi connectivity index (χ4n) is 4.89. The van der Waals surface area contributed by atoms with Crippen molar-refractivity contribution in [3.8, 4) is 11.7 Å². The topological polar surface area (TPSA) is 140 Å². The summed E-state index contributed by atoms with van der Waals surface area (Å²) in [5.41, 5.74) is 0.434. The quantitative estimate of drug-likeness (QED) is 0.261. The molecule has 1 aliphatic heterocycles. The van der Waals surface area contributed by atoms with Gasteiger partial charge in [-0.2, -0.15) is 8.42 Å². The van der Waals surface area contributed by atoms with Crippen molar-refractivity contribution in [3.05, 3.63) is 53.3 Å². The molecule has 1 atom stereocenters. The molecule has 13 heteroatoms. The van der Waals surface area contributed by atoms with Gasteiger partial charge in [-0.1, -0.05) is 24.6 Å². The summed E-state index contributed by atoms with van der Waals surface area (Å²) in [6, 6.07) is 9.24. The predicted molar refractivity (Wildman–Crippen MR) is 156 cm³/mol. The molecule has 11 nitrogen and oxygen atoms in total. The molecule has 0 radical (unpaired) electrons. The fraction of sp³-hybridized carbons (Fsp3) is 0.500. The second-order valence-electron chi connectivity index (χ2n) is 11.9. The maximum absolute atomic E-state index is 13.0. The van der Waals surface area contributed by atoms with Gasteiger partial charge in [0, 0.05) is 24.3 Å². The molecule has 1 aliphatic carbocycles. The molecule has 1 amide bonds. The van der Waals surface area contributed by atoms with Gasteiger partial charge >= 0.3 is 0 Å². The van der Waals surface area contributed by atoms with Crippen LogP contribution in [0.15, 0.2) is 47.6 Å². The lowest BCUT2D eigenvalue weighted by atomic mass is 9.95. The lowest BCUT2D eigenvalue weighted by Crippen LogP contribution is -2.31. The van der Waals surface area contributed by atoms with E-state index in [-0.39, 0.29) is 21.3 Å². The predicted octanol–water partition coefficient (Wildman–Crippen LogP) is 4.19. The molecular formula is C28H36ClN7O4S. The molecule has 0 aromatic carbocycles. The number of rotatable bonds is 12. The number of carbonyl (C=O) groups is 1. The summed E-state index contributed by atoms with van der Waals surface area (Å²) < 4.78 is 35.2. The molecule has 2 aliphatic rings. The highest BCUT2D eigenvalue weighted by Crippen LogP contribution is 2.47. The molecule has 5 rings (SSSR count). The first-order valence-electron chi connectivity index (χ1n) is 13.8. The Labute approximate surface area is 245 Å². The van der Waals surface area contributed by atoms with Gasteiger partial charge in [0.05, 0.1) is 12.2 Å². The van der Waals surface area contributed by atoms with Gasteiger partial charge in [-0.25, -0.2) is 19.4 Å². The molecule has 0 bridgehead atoms. The van der Waals surface area contributed by atoms with Gasteiger partial charge in [-0.15, -0.1) is 5.10 Å². The van der Waals surface area contributed by atoms with E-state index in [0.29, 0.717) is 42.0 Å². The van der Waals surface area contributed by atoms with Gasteiger partial charge in [0.25, 0.3) is 15.9 Å². The summed E-state index contributed by atoms with van der Waals surface area (Å²) in [5, 5.41) is 10.6. The molecule has 1 saturated heterocycles. The highest BCUT2D eigenvalue weighted by atomic mass is 35.5. The number of hydrogen-bond acceptors (Lipinski definition) is 9. The Morgan fingerprint density at radius 3 is 2.68 bits per heavy atom. The summed E-state index contributed by atoms with van der Waals surface area (Å²) in [7, 11) is -4.26. The minimum absolute atomic E-state index is 0.0947. The summed E-state index contributed by atoms with van der Waals surface area (Å²) in [6.07, 6.45) is 7.12. The Morgan fingerprint density at radius 2 is 1.98 bits per heavy atom. The zero-order valence-corrected chi connectivity index (χ0v) is 25.1. The van der Waals surface area contributed by atoms with Crippen LogP contribution in [0.5, 0.6) is 5.88 Å². The second kappa shape index (κ2) is 11.6. The van der Waals surface area contributed by atoms with E-state index >= 15 is 0 Å². The second-order valence-corrected chi connectivity index (χ2v) is 13.8. The maximum atomic E-state index is 13.0. The number of nitrogens with zero attached hydrogens (tertiary/aromatic N) is 4. The molecule has 0 spiro atoms. The van der Waals surface area contributed by atoms with E-state index in [1.54, 1.807) is 24.4 Å². The van der Waals surface area contributed by atoms with Crippen LogP contribution in [0.25, 0.3) is 5.82 Å². The van der Waals surface area contributed by atoms with Gasteiger partial charge < -0.3 is 15.4 Å². The van der Waals surface area contributed by atoms with Crippen LogP contribution in [-0.2, 0) is 10.0 Å². The maximum Gasteiger partial charge on any atom is 0.281 e. The molecule has 1 unspecified atom stereocenters. The van der Waals surface area contributed by atoms with Crippen molar-refractivity contribution in [2.24, 2.45) is 11.3 Å². The molecule has 2 fully saturated rings. The number of aromatic nitrogens is 4. The average molecular weight is 602 g/mol.